The summed E-state index contributed by atoms with van der Waals surface area (Å²) in [6.07, 6.45) is 2.05. The number of carbonyl (C=O) groups excluding carboxylic acids is 1. The highest BCUT2D eigenvalue weighted by atomic mass is 32.2. The molecule has 1 amide bonds. The first kappa shape index (κ1) is 22.6. The third kappa shape index (κ3) is 4.59. The van der Waals surface area contributed by atoms with Gasteiger partial charge in [-0.15, -0.1) is 0 Å². The van der Waals surface area contributed by atoms with Crippen LogP contribution in [0.25, 0.3) is 21.6 Å². The molecule has 4 aromatic rings. The predicted molar refractivity (Wildman–Crippen MR) is 129 cm³/mol. The molecule has 2 aromatic carbocycles. The van der Waals surface area contributed by atoms with Crippen LogP contribution in [-0.4, -0.2) is 35.5 Å². The normalized spacial score (nSPS) is 14.9. The quantitative estimate of drug-likeness (QED) is 0.393. The fraction of sp³-hybridized carbons (Fsp3) is 0.304. The second kappa shape index (κ2) is 8.57. The minimum Gasteiger partial charge on any atom is -0.339 e. The Hall–Kier alpha value is -3.15. The molecule has 0 bridgehead atoms. The molecule has 11 heteroatoms. The Bertz CT molecular complexity index is 1500. The minimum atomic E-state index is -4.00. The van der Waals surface area contributed by atoms with E-state index in [4.69, 9.17) is 4.52 Å². The van der Waals surface area contributed by atoms with Gasteiger partial charge in [-0.3, -0.25) is 4.79 Å². The maximum Gasteiger partial charge on any atom is 0.244 e. The Labute approximate surface area is 200 Å². The second-order valence-electron chi connectivity index (χ2n) is 8.53. The van der Waals surface area contributed by atoms with Gasteiger partial charge in [-0.1, -0.05) is 34.7 Å². The topological polar surface area (TPSA) is 127 Å². The highest BCUT2D eigenvalue weighted by Gasteiger charge is 2.30. The molecule has 176 valence electrons. The highest BCUT2D eigenvalue weighted by molar-refractivity contribution is 7.89. The van der Waals surface area contributed by atoms with E-state index in [9.17, 15) is 13.2 Å². The average molecular weight is 498 g/mol. The lowest BCUT2D eigenvalue weighted by Gasteiger charge is -2.15. The van der Waals surface area contributed by atoms with Crippen LogP contribution in [0.5, 0.6) is 0 Å². The zero-order chi connectivity index (χ0) is 24.0. The van der Waals surface area contributed by atoms with Gasteiger partial charge in [-0.2, -0.15) is 9.71 Å². The standard InChI is InChI=1S/C23H23N5O4S2/c1-12-4-9-17-18(10-12)33-23(24-17)26-21(29)14(3)28-34(30,31)19-11-16(6-5-13(19)2)20-25-22(32-27-20)15-7-8-15/h4-6,9-11,14-15,28H,7-8H2,1-3H3,(H,24,26,29). The fourth-order valence-electron chi connectivity index (χ4n) is 3.53. The van der Waals surface area contributed by atoms with Crippen molar-refractivity contribution in [3.63, 3.8) is 0 Å². The van der Waals surface area contributed by atoms with Crippen molar-refractivity contribution < 1.29 is 17.7 Å². The van der Waals surface area contributed by atoms with E-state index in [2.05, 4.69) is 25.2 Å². The molecular weight excluding hydrogens is 474 g/mol. The summed E-state index contributed by atoms with van der Waals surface area (Å²) >= 11 is 1.34. The summed E-state index contributed by atoms with van der Waals surface area (Å²) in [5.41, 5.74) is 2.94. The number of sulfonamides is 1. The van der Waals surface area contributed by atoms with E-state index in [0.717, 1.165) is 28.6 Å². The van der Waals surface area contributed by atoms with Crippen LogP contribution in [0.1, 0.15) is 42.7 Å². The molecule has 1 fully saturated rings. The Morgan fingerprint density at radius 3 is 2.71 bits per heavy atom. The molecule has 2 heterocycles. The first-order chi connectivity index (χ1) is 16.2. The van der Waals surface area contributed by atoms with E-state index >= 15 is 0 Å². The number of hydrogen-bond acceptors (Lipinski definition) is 8. The highest BCUT2D eigenvalue weighted by Crippen LogP contribution is 2.39. The van der Waals surface area contributed by atoms with Crippen molar-refractivity contribution in [3.8, 4) is 11.4 Å². The molecule has 1 aliphatic rings. The molecule has 0 radical (unpaired) electrons. The Morgan fingerprint density at radius 2 is 1.94 bits per heavy atom. The maximum absolute atomic E-state index is 13.1. The molecule has 1 aliphatic carbocycles. The first-order valence-electron chi connectivity index (χ1n) is 10.8. The number of benzene rings is 2. The van der Waals surface area contributed by atoms with Gasteiger partial charge in [0.1, 0.15) is 0 Å². The number of nitrogens with zero attached hydrogens (tertiary/aromatic N) is 3. The van der Waals surface area contributed by atoms with E-state index in [1.807, 2.05) is 25.1 Å². The number of carbonyl (C=O) groups is 1. The average Bonchev–Trinajstić information content (AvgIpc) is 3.38. The molecule has 2 N–H and O–H groups in total. The van der Waals surface area contributed by atoms with E-state index in [1.54, 1.807) is 19.1 Å². The lowest BCUT2D eigenvalue weighted by molar-refractivity contribution is -0.117. The minimum absolute atomic E-state index is 0.0536. The van der Waals surface area contributed by atoms with E-state index in [0.29, 0.717) is 33.9 Å². The van der Waals surface area contributed by atoms with Gasteiger partial charge in [-0.25, -0.2) is 13.4 Å². The third-order valence-corrected chi connectivity index (χ3v) is 8.22. The van der Waals surface area contributed by atoms with Crippen LogP contribution in [0.2, 0.25) is 0 Å². The summed E-state index contributed by atoms with van der Waals surface area (Å²) in [5.74, 6) is 0.722. The van der Waals surface area contributed by atoms with Gasteiger partial charge in [0.15, 0.2) is 5.13 Å². The SMILES string of the molecule is Cc1ccc2nc(NC(=O)C(C)NS(=O)(=O)c3cc(-c4noc(C5CC5)n4)ccc3C)sc2c1. The van der Waals surface area contributed by atoms with Gasteiger partial charge >= 0.3 is 0 Å². The number of aromatic nitrogens is 3. The lowest BCUT2D eigenvalue weighted by Crippen LogP contribution is -2.41. The smallest absolute Gasteiger partial charge is 0.244 e. The summed E-state index contributed by atoms with van der Waals surface area (Å²) in [5, 5.41) is 7.11. The third-order valence-electron chi connectivity index (χ3n) is 5.60. The monoisotopic (exact) mass is 497 g/mol. The second-order valence-corrected chi connectivity index (χ2v) is 11.2. The molecule has 1 unspecified atom stereocenters. The molecule has 0 saturated heterocycles. The molecular formula is C23H23N5O4S2. The van der Waals surface area contributed by atoms with Gasteiger partial charge in [0, 0.05) is 11.5 Å². The van der Waals surface area contributed by atoms with Crippen molar-refractivity contribution in [2.24, 2.45) is 0 Å². The van der Waals surface area contributed by atoms with Gasteiger partial charge < -0.3 is 9.84 Å². The van der Waals surface area contributed by atoms with E-state index in [1.165, 1.54) is 24.3 Å². The summed E-state index contributed by atoms with van der Waals surface area (Å²) < 4.78 is 35.0. The summed E-state index contributed by atoms with van der Waals surface area (Å²) in [4.78, 5) is 21.5. The summed E-state index contributed by atoms with van der Waals surface area (Å²) in [7, 11) is -4.00. The van der Waals surface area contributed by atoms with E-state index < -0.39 is 22.0 Å². The van der Waals surface area contributed by atoms with Crippen LogP contribution in [0.15, 0.2) is 45.8 Å². The number of thiazole rings is 1. The summed E-state index contributed by atoms with van der Waals surface area (Å²) in [6, 6.07) is 9.74. The van der Waals surface area contributed by atoms with Gasteiger partial charge in [-0.05, 0) is 62.9 Å². The van der Waals surface area contributed by atoms with Crippen molar-refractivity contribution in [2.45, 2.75) is 50.5 Å². The molecule has 9 nitrogen and oxygen atoms in total. The number of fused-ring (bicyclic) bond motifs is 1. The van der Waals surface area contributed by atoms with Crippen molar-refractivity contribution in [3.05, 3.63) is 53.4 Å². The van der Waals surface area contributed by atoms with Crippen molar-refractivity contribution in [2.75, 3.05) is 5.32 Å². The van der Waals surface area contributed by atoms with Crippen LogP contribution < -0.4 is 10.0 Å². The Morgan fingerprint density at radius 1 is 1.15 bits per heavy atom. The van der Waals surface area contributed by atoms with Crippen LogP contribution in [-0.2, 0) is 14.8 Å². The molecule has 0 spiro atoms. The number of hydrogen-bond donors (Lipinski definition) is 2. The molecule has 34 heavy (non-hydrogen) atoms. The Kier molecular flexibility index (Phi) is 5.70. The van der Waals surface area contributed by atoms with Crippen LogP contribution in [0.4, 0.5) is 5.13 Å². The fourth-order valence-corrected chi connectivity index (χ4v) is 5.97. The van der Waals surface area contributed by atoms with Crippen molar-refractivity contribution in [1.82, 2.24) is 19.8 Å². The van der Waals surface area contributed by atoms with Crippen molar-refractivity contribution in [1.29, 1.82) is 0 Å². The van der Waals surface area contributed by atoms with Gasteiger partial charge in [0.05, 0.1) is 21.2 Å². The molecule has 2 aromatic heterocycles. The van der Waals surface area contributed by atoms with Crippen LogP contribution in [0, 0.1) is 13.8 Å². The number of nitrogens with one attached hydrogen (secondary N) is 2. The molecule has 5 rings (SSSR count). The number of aryl methyl sites for hydroxylation is 2. The predicted octanol–water partition coefficient (Wildman–Crippen LogP) is 4.15. The first-order valence-corrected chi connectivity index (χ1v) is 13.1. The Balaban J connectivity index is 1.32. The van der Waals surface area contributed by atoms with Crippen molar-refractivity contribution >= 4 is 42.6 Å². The lowest BCUT2D eigenvalue weighted by atomic mass is 10.1. The van der Waals surface area contributed by atoms with Crippen LogP contribution in [0.3, 0.4) is 0 Å². The molecule has 0 aliphatic heterocycles. The largest absolute Gasteiger partial charge is 0.339 e. The zero-order valence-corrected chi connectivity index (χ0v) is 20.5. The van der Waals surface area contributed by atoms with Gasteiger partial charge in [0.25, 0.3) is 0 Å². The van der Waals surface area contributed by atoms with Gasteiger partial charge in [0.2, 0.25) is 27.6 Å². The maximum atomic E-state index is 13.1. The molecule has 1 atom stereocenters. The number of amides is 1. The molecule has 1 saturated carbocycles. The zero-order valence-electron chi connectivity index (χ0n) is 18.8. The summed E-state index contributed by atoms with van der Waals surface area (Å²) in [6.45, 7) is 5.17. The van der Waals surface area contributed by atoms with Crippen LogP contribution >= 0.6 is 11.3 Å². The number of anilines is 1. The van der Waals surface area contributed by atoms with E-state index in [-0.39, 0.29) is 4.90 Å². The number of rotatable bonds is 7.